The van der Waals surface area contributed by atoms with Crippen LogP contribution >= 0.6 is 0 Å². The summed E-state index contributed by atoms with van der Waals surface area (Å²) in [6, 6.07) is 0. The fourth-order valence-electron chi connectivity index (χ4n) is 0.867. The highest BCUT2D eigenvalue weighted by atomic mass is 32.3. The van der Waals surface area contributed by atoms with Gasteiger partial charge in [0.25, 0.3) is 10.0 Å². The summed E-state index contributed by atoms with van der Waals surface area (Å²) >= 11 is 0. The molecule has 25 heavy (non-hydrogen) atoms. The fourth-order valence-corrected chi connectivity index (χ4v) is 3.32. The first-order valence-electron chi connectivity index (χ1n) is 4.72. The van der Waals surface area contributed by atoms with Crippen molar-refractivity contribution in [2.45, 2.75) is 28.8 Å². The number of hydrogen-bond donors (Lipinski definition) is 0. The van der Waals surface area contributed by atoms with Gasteiger partial charge >= 0.3 is 38.8 Å². The van der Waals surface area contributed by atoms with Crippen LogP contribution < -0.4 is 0 Å². The summed E-state index contributed by atoms with van der Waals surface area (Å²) in [5.74, 6) is -15.8. The summed E-state index contributed by atoms with van der Waals surface area (Å²) in [4.78, 5) is 0. The molecule has 0 saturated heterocycles. The number of hydrogen-bond acceptors (Lipinski definition) is 4. The fraction of sp³-hybridized carbons (Fsp3) is 1.00. The van der Waals surface area contributed by atoms with Gasteiger partial charge in [0.05, 0.1) is 0 Å². The molecule has 5 nitrogen and oxygen atoms in total. The van der Waals surface area contributed by atoms with Crippen molar-refractivity contribution < 1.29 is 69.5 Å². The van der Waals surface area contributed by atoms with Crippen LogP contribution in [0.3, 0.4) is 0 Å². The zero-order chi connectivity index (χ0) is 21.1. The first-order chi connectivity index (χ1) is 10.4. The molecule has 0 aliphatic carbocycles. The zero-order valence-corrected chi connectivity index (χ0v) is 12.1. The summed E-state index contributed by atoms with van der Waals surface area (Å²) in [5, 5.41) is -7.73. The molecule has 0 aliphatic rings. The molecule has 0 heterocycles. The Hall–Kier alpha value is -0.915. The van der Waals surface area contributed by atoms with Crippen molar-refractivity contribution in [3.8, 4) is 0 Å². The molecule has 148 valence electrons. The van der Waals surface area contributed by atoms with E-state index in [2.05, 4.69) is 7.98 Å². The molecular formula is C5BF12NO4S2. The molecule has 0 bridgehead atoms. The van der Waals surface area contributed by atoms with Crippen molar-refractivity contribution in [1.29, 1.82) is 0 Å². The predicted octanol–water partition coefficient (Wildman–Crippen LogP) is 1.98. The summed E-state index contributed by atoms with van der Waals surface area (Å²) in [6.07, 6.45) is -7.50. The van der Waals surface area contributed by atoms with Gasteiger partial charge in [0.15, 0.2) is 0 Å². The van der Waals surface area contributed by atoms with Crippen molar-refractivity contribution in [3.05, 3.63) is 0 Å². The molecule has 0 aliphatic heterocycles. The number of nitrogens with zero attached hydrogens (tertiary/aromatic N) is 1. The number of sulfonamides is 2. The molecule has 20 heteroatoms. The van der Waals surface area contributed by atoms with Crippen LogP contribution in [0.2, 0.25) is 0 Å². The average molecular weight is 441 g/mol. The van der Waals surface area contributed by atoms with Gasteiger partial charge in [-0.25, -0.2) is 16.8 Å². The van der Waals surface area contributed by atoms with E-state index in [0.717, 1.165) is 0 Å². The lowest BCUT2D eigenvalue weighted by atomic mass is 10.1. The van der Waals surface area contributed by atoms with Gasteiger partial charge in [0, 0.05) is 0 Å². The quantitative estimate of drug-likeness (QED) is 0.484. The maximum atomic E-state index is 13.1. The smallest absolute Gasteiger partial charge is 0.206 e. The van der Waals surface area contributed by atoms with E-state index < -0.39 is 52.5 Å². The largest absolute Gasteiger partial charge is 0.511 e. The Morgan fingerprint density at radius 1 is 0.600 bits per heavy atom. The van der Waals surface area contributed by atoms with Crippen LogP contribution in [-0.4, -0.2) is 57.2 Å². The minimum atomic E-state index is -8.14. The Labute approximate surface area is 131 Å². The van der Waals surface area contributed by atoms with Crippen molar-refractivity contribution in [3.63, 3.8) is 0 Å². The van der Waals surface area contributed by atoms with Crippen molar-refractivity contribution >= 4 is 28.0 Å². The molecule has 0 aromatic rings. The SMILES string of the molecule is [B]N(S(=O)(=O)C(F)(F)F)S(=O)(=O)C(F)(F)C(F)(F)C(F)(F)C(F)(F)F. The summed E-state index contributed by atoms with van der Waals surface area (Å²) in [5.41, 5.74) is -6.81. The lowest BCUT2D eigenvalue weighted by Crippen LogP contribution is -2.65. The van der Waals surface area contributed by atoms with E-state index >= 15 is 0 Å². The van der Waals surface area contributed by atoms with E-state index in [9.17, 15) is 69.5 Å². The summed E-state index contributed by atoms with van der Waals surface area (Å²) in [7, 11) is -12.1. The Morgan fingerprint density at radius 2 is 0.920 bits per heavy atom. The van der Waals surface area contributed by atoms with E-state index in [4.69, 9.17) is 0 Å². The summed E-state index contributed by atoms with van der Waals surface area (Å²) < 4.78 is 188. The molecule has 0 aromatic carbocycles. The van der Waals surface area contributed by atoms with Crippen LogP contribution in [0.5, 0.6) is 0 Å². The van der Waals surface area contributed by atoms with Crippen LogP contribution in [-0.2, 0) is 20.0 Å². The molecular weight excluding hydrogens is 441 g/mol. The highest BCUT2D eigenvalue weighted by molar-refractivity contribution is 8.06. The second kappa shape index (κ2) is 5.79. The van der Waals surface area contributed by atoms with Gasteiger partial charge in [0.1, 0.15) is 0 Å². The van der Waals surface area contributed by atoms with Crippen molar-refractivity contribution in [2.75, 3.05) is 0 Å². The third-order valence-electron chi connectivity index (χ3n) is 2.21. The number of rotatable bonds is 5. The van der Waals surface area contributed by atoms with Gasteiger partial charge in [-0.2, -0.15) is 52.7 Å². The van der Waals surface area contributed by atoms with E-state index in [1.807, 2.05) is 0 Å². The van der Waals surface area contributed by atoms with Crippen molar-refractivity contribution in [2.24, 2.45) is 0 Å². The van der Waals surface area contributed by atoms with Crippen LogP contribution in [0, 0.1) is 0 Å². The van der Waals surface area contributed by atoms with Gasteiger partial charge in [-0.15, -0.1) is 3.62 Å². The van der Waals surface area contributed by atoms with Crippen LogP contribution in [0.15, 0.2) is 0 Å². The predicted molar refractivity (Wildman–Crippen MR) is 52.4 cm³/mol. The Kier molecular flexibility index (Phi) is 5.58. The number of alkyl halides is 12. The highest BCUT2D eigenvalue weighted by Gasteiger charge is 2.86. The van der Waals surface area contributed by atoms with E-state index in [1.165, 1.54) is 0 Å². The molecule has 0 fully saturated rings. The van der Waals surface area contributed by atoms with Gasteiger partial charge in [0.2, 0.25) is 7.98 Å². The normalized spacial score (nSPS) is 16.4. The molecule has 0 N–H and O–H groups in total. The molecule has 0 atom stereocenters. The third kappa shape index (κ3) is 3.26. The van der Waals surface area contributed by atoms with E-state index in [-0.39, 0.29) is 0 Å². The van der Waals surface area contributed by atoms with E-state index in [0.29, 0.717) is 0 Å². The van der Waals surface area contributed by atoms with Gasteiger partial charge < -0.3 is 0 Å². The first kappa shape index (κ1) is 24.1. The molecule has 0 saturated carbocycles. The Bertz CT molecular complexity index is 722. The molecule has 0 amide bonds. The topological polar surface area (TPSA) is 71.5 Å². The van der Waals surface area contributed by atoms with Crippen LogP contribution in [0.25, 0.3) is 0 Å². The standard InChI is InChI=1S/C5BF12NO4S2/c6-19(25(22,23)5(16,17)18)24(20,21)4(14,15)2(9,10)1(7,8)3(11,12)13. The lowest BCUT2D eigenvalue weighted by Gasteiger charge is -2.34. The van der Waals surface area contributed by atoms with Gasteiger partial charge in [-0.3, -0.25) is 0 Å². The van der Waals surface area contributed by atoms with E-state index in [1.54, 1.807) is 0 Å². The third-order valence-corrected chi connectivity index (χ3v) is 5.82. The maximum absolute atomic E-state index is 13.1. The van der Waals surface area contributed by atoms with Gasteiger partial charge in [-0.05, 0) is 0 Å². The Morgan fingerprint density at radius 3 is 1.16 bits per heavy atom. The molecule has 0 unspecified atom stereocenters. The number of halogens is 12. The molecule has 2 radical (unpaired) electrons. The molecule has 0 rings (SSSR count). The first-order valence-corrected chi connectivity index (χ1v) is 7.60. The minimum absolute atomic E-state index is 2.97. The minimum Gasteiger partial charge on any atom is -0.206 e. The zero-order valence-electron chi connectivity index (χ0n) is 10.5. The Balaban J connectivity index is 6.54. The van der Waals surface area contributed by atoms with Crippen molar-refractivity contribution in [1.82, 2.24) is 3.62 Å². The van der Waals surface area contributed by atoms with Crippen LogP contribution in [0.4, 0.5) is 52.7 Å². The highest BCUT2D eigenvalue weighted by Crippen LogP contribution is 2.55. The maximum Gasteiger partial charge on any atom is 0.511 e. The molecule has 0 spiro atoms. The van der Waals surface area contributed by atoms with Crippen LogP contribution in [0.1, 0.15) is 0 Å². The lowest BCUT2D eigenvalue weighted by molar-refractivity contribution is -0.382. The summed E-state index contributed by atoms with van der Waals surface area (Å²) in [6.45, 7) is 0. The second-order valence-electron chi connectivity index (χ2n) is 3.84. The van der Waals surface area contributed by atoms with Gasteiger partial charge in [-0.1, -0.05) is 0 Å². The molecule has 0 aromatic heterocycles. The second-order valence-corrected chi connectivity index (χ2v) is 7.74. The average Bonchev–Trinajstić information content (AvgIpc) is 2.34. The monoisotopic (exact) mass is 441 g/mol.